The lowest BCUT2D eigenvalue weighted by Crippen LogP contribution is -2.26. The summed E-state index contributed by atoms with van der Waals surface area (Å²) >= 11 is 0. The van der Waals surface area contributed by atoms with Gasteiger partial charge in [-0.15, -0.1) is 0 Å². The Kier molecular flexibility index (Phi) is 4.45. The Hall–Kier alpha value is -2.83. The van der Waals surface area contributed by atoms with Crippen molar-refractivity contribution in [1.29, 1.82) is 10.5 Å². The van der Waals surface area contributed by atoms with Crippen molar-refractivity contribution in [2.45, 2.75) is 0 Å². The zero-order chi connectivity index (χ0) is 16.2. The first-order chi connectivity index (χ1) is 10.5. The fourth-order valence-electron chi connectivity index (χ4n) is 1.77. The van der Waals surface area contributed by atoms with Crippen molar-refractivity contribution in [2.24, 2.45) is 0 Å². The lowest BCUT2D eigenvalue weighted by molar-refractivity contribution is 0.371. The topological polar surface area (TPSA) is 120 Å². The number of rotatable bonds is 4. The van der Waals surface area contributed by atoms with Gasteiger partial charge in [0.25, 0.3) is 0 Å². The Bertz CT molecular complexity index is 805. The number of anilines is 2. The Morgan fingerprint density at radius 3 is 2.27 bits per heavy atom. The first-order valence-electron chi connectivity index (χ1n) is 6.08. The first kappa shape index (κ1) is 15.6. The van der Waals surface area contributed by atoms with E-state index in [1.807, 2.05) is 12.1 Å². The van der Waals surface area contributed by atoms with Crippen LogP contribution in [-0.2, 0) is 4.57 Å². The predicted octanol–water partition coefficient (Wildman–Crippen LogP) is 2.36. The van der Waals surface area contributed by atoms with Crippen LogP contribution in [0.5, 0.6) is 0 Å². The van der Waals surface area contributed by atoms with E-state index in [4.69, 9.17) is 10.5 Å². The van der Waals surface area contributed by atoms with Crippen molar-refractivity contribution in [3.63, 3.8) is 0 Å². The quantitative estimate of drug-likeness (QED) is 0.585. The summed E-state index contributed by atoms with van der Waals surface area (Å²) in [5.74, 6) is 0. The molecule has 0 aromatic heterocycles. The van der Waals surface area contributed by atoms with Crippen molar-refractivity contribution >= 4 is 19.1 Å². The highest BCUT2D eigenvalue weighted by atomic mass is 31.2. The van der Waals surface area contributed by atoms with Gasteiger partial charge >= 0.3 is 7.75 Å². The van der Waals surface area contributed by atoms with Gasteiger partial charge in [-0.2, -0.15) is 15.3 Å². The fraction of sp³-hybridized carbons (Fsp3) is 0. The largest absolute Gasteiger partial charge is 0.448 e. The van der Waals surface area contributed by atoms with E-state index in [1.54, 1.807) is 18.2 Å². The normalized spacial score (nSPS) is 10.4. The zero-order valence-corrected chi connectivity index (χ0v) is 12.1. The van der Waals surface area contributed by atoms with E-state index < -0.39 is 7.75 Å². The summed E-state index contributed by atoms with van der Waals surface area (Å²) < 4.78 is 12.4. The van der Waals surface area contributed by atoms with Gasteiger partial charge in [-0.05, 0) is 30.3 Å². The molecule has 0 radical (unpaired) electrons. The van der Waals surface area contributed by atoms with E-state index in [1.165, 1.54) is 30.3 Å². The molecule has 0 atom stereocenters. The van der Waals surface area contributed by atoms with Gasteiger partial charge in [0.1, 0.15) is 6.07 Å². The van der Waals surface area contributed by atoms with Gasteiger partial charge in [-0.1, -0.05) is 18.2 Å². The number of nitrogens with zero attached hydrogens (tertiary/aromatic N) is 3. The van der Waals surface area contributed by atoms with Crippen LogP contribution in [0.4, 0.5) is 11.4 Å². The molecule has 2 aromatic carbocycles. The van der Waals surface area contributed by atoms with Crippen LogP contribution in [0.1, 0.15) is 11.1 Å². The maximum Gasteiger partial charge on any atom is 0.448 e. The number of hydrogen-bond donors (Lipinski definition) is 3. The molecule has 0 aliphatic heterocycles. The second kappa shape index (κ2) is 6.30. The van der Waals surface area contributed by atoms with Crippen molar-refractivity contribution in [1.82, 2.24) is 0 Å². The van der Waals surface area contributed by atoms with E-state index in [9.17, 15) is 14.4 Å². The molecule has 110 valence electrons. The standard InChI is InChI=1S/C14H11N4O3P/c15-9-11-6-7-14(12(8-11)10-16)17-18(22(19,20)21)13-4-2-1-3-5-13/h1-8,17H,(H2,19,20,21). The lowest BCUT2D eigenvalue weighted by atomic mass is 10.1. The molecule has 3 N–H and O–H groups in total. The second-order valence-corrected chi connectivity index (χ2v) is 5.68. The third kappa shape index (κ3) is 3.43. The smallest absolute Gasteiger partial charge is 0.307 e. The first-order valence-corrected chi connectivity index (χ1v) is 7.64. The summed E-state index contributed by atoms with van der Waals surface area (Å²) in [7, 11) is -4.66. The third-order valence-electron chi connectivity index (χ3n) is 2.76. The zero-order valence-electron chi connectivity index (χ0n) is 11.2. The number of nitriles is 2. The van der Waals surface area contributed by atoms with Gasteiger partial charge in [0.15, 0.2) is 0 Å². The summed E-state index contributed by atoms with van der Waals surface area (Å²) in [5, 5.41) is 17.9. The molecule has 2 rings (SSSR count). The Morgan fingerprint density at radius 1 is 1.05 bits per heavy atom. The second-order valence-electron chi connectivity index (χ2n) is 4.26. The van der Waals surface area contributed by atoms with Gasteiger partial charge in [0, 0.05) is 0 Å². The minimum Gasteiger partial charge on any atom is -0.307 e. The SMILES string of the molecule is N#Cc1ccc(NN(c2ccccc2)P(=O)(O)O)c(C#N)c1. The number of benzene rings is 2. The van der Waals surface area contributed by atoms with Crippen LogP contribution >= 0.6 is 7.75 Å². The summed E-state index contributed by atoms with van der Waals surface area (Å²) in [4.78, 5) is 19.0. The number of hydrazine groups is 1. The minimum absolute atomic E-state index is 0.105. The highest BCUT2D eigenvalue weighted by Crippen LogP contribution is 2.43. The molecule has 0 amide bonds. The molecule has 22 heavy (non-hydrogen) atoms. The Morgan fingerprint density at radius 2 is 1.73 bits per heavy atom. The molecular formula is C14H11N4O3P. The van der Waals surface area contributed by atoms with E-state index >= 15 is 0 Å². The fourth-order valence-corrected chi connectivity index (χ4v) is 2.44. The van der Waals surface area contributed by atoms with Crippen LogP contribution in [0.3, 0.4) is 0 Å². The molecule has 0 heterocycles. The van der Waals surface area contributed by atoms with Crippen molar-refractivity contribution in [2.75, 3.05) is 10.2 Å². The molecule has 0 unspecified atom stereocenters. The van der Waals surface area contributed by atoms with Crippen LogP contribution < -0.4 is 10.2 Å². The van der Waals surface area contributed by atoms with Crippen molar-refractivity contribution < 1.29 is 14.4 Å². The van der Waals surface area contributed by atoms with Crippen molar-refractivity contribution in [3.05, 3.63) is 59.7 Å². The highest BCUT2D eigenvalue weighted by Gasteiger charge is 2.26. The number of para-hydroxylation sites is 1. The average molecular weight is 314 g/mol. The van der Waals surface area contributed by atoms with Crippen LogP contribution in [-0.4, -0.2) is 9.79 Å². The molecular weight excluding hydrogens is 303 g/mol. The molecule has 0 aliphatic carbocycles. The molecule has 0 saturated carbocycles. The lowest BCUT2D eigenvalue weighted by Gasteiger charge is -2.26. The molecule has 0 saturated heterocycles. The van der Waals surface area contributed by atoms with E-state index in [0.717, 1.165) is 0 Å². The van der Waals surface area contributed by atoms with Gasteiger partial charge in [-0.25, -0.2) is 4.57 Å². The monoisotopic (exact) mass is 314 g/mol. The predicted molar refractivity (Wildman–Crippen MR) is 80.5 cm³/mol. The van der Waals surface area contributed by atoms with Crippen LogP contribution in [0.2, 0.25) is 0 Å². The van der Waals surface area contributed by atoms with E-state index in [0.29, 0.717) is 4.78 Å². The maximum atomic E-state index is 11.7. The molecule has 0 aliphatic rings. The summed E-state index contributed by atoms with van der Waals surface area (Å²) in [5.41, 5.74) is 3.36. The highest BCUT2D eigenvalue weighted by molar-refractivity contribution is 7.53. The van der Waals surface area contributed by atoms with Crippen LogP contribution in [0.15, 0.2) is 48.5 Å². The van der Waals surface area contributed by atoms with Crippen LogP contribution in [0, 0.1) is 22.7 Å². The molecule has 0 spiro atoms. The van der Waals surface area contributed by atoms with E-state index in [-0.39, 0.29) is 22.5 Å². The van der Waals surface area contributed by atoms with E-state index in [2.05, 4.69) is 5.43 Å². The van der Waals surface area contributed by atoms with Gasteiger partial charge in [0.05, 0.1) is 28.6 Å². The third-order valence-corrected chi connectivity index (χ3v) is 3.61. The summed E-state index contributed by atoms with van der Waals surface area (Å²) in [6.07, 6.45) is 0. The number of nitrogens with one attached hydrogen (secondary N) is 1. The summed E-state index contributed by atoms with van der Waals surface area (Å²) in [6.45, 7) is 0. The average Bonchev–Trinajstić information content (AvgIpc) is 2.52. The molecule has 7 nitrogen and oxygen atoms in total. The molecule has 0 bridgehead atoms. The van der Waals surface area contributed by atoms with Crippen LogP contribution in [0.25, 0.3) is 0 Å². The maximum absolute atomic E-state index is 11.7. The Balaban J connectivity index is 2.44. The summed E-state index contributed by atoms with van der Waals surface area (Å²) in [6, 6.07) is 16.0. The molecule has 0 fully saturated rings. The molecule has 2 aromatic rings. The van der Waals surface area contributed by atoms with Gasteiger partial charge in [-0.3, -0.25) is 5.43 Å². The number of hydrogen-bond acceptors (Lipinski definition) is 4. The van der Waals surface area contributed by atoms with Crippen molar-refractivity contribution in [3.8, 4) is 12.1 Å². The Labute approximate surface area is 126 Å². The minimum atomic E-state index is -4.66. The molecule has 8 heteroatoms. The van der Waals surface area contributed by atoms with Gasteiger partial charge in [0.2, 0.25) is 0 Å². The van der Waals surface area contributed by atoms with Gasteiger partial charge < -0.3 is 9.79 Å².